The fraction of sp³-hybridized carbons (Fsp3) is 0.182. The second-order valence-electron chi connectivity index (χ2n) is 3.55. The smallest absolute Gasteiger partial charge is 0.328 e. The maximum absolute atomic E-state index is 13.0. The number of nitrogens with zero attached hydrogens (tertiary/aromatic N) is 1. The van der Waals surface area contributed by atoms with Crippen LogP contribution in [0.2, 0.25) is 0 Å². The Morgan fingerprint density at radius 2 is 2.29 bits per heavy atom. The first kappa shape index (κ1) is 11.6. The van der Waals surface area contributed by atoms with Crippen LogP contribution in [0.15, 0.2) is 30.5 Å². The van der Waals surface area contributed by atoms with Gasteiger partial charge in [-0.15, -0.1) is 0 Å². The Bertz CT molecular complexity index is 538. The van der Waals surface area contributed by atoms with Crippen molar-refractivity contribution in [1.82, 2.24) is 10.2 Å². The number of halogens is 1. The highest BCUT2D eigenvalue weighted by molar-refractivity contribution is 5.80. The van der Waals surface area contributed by atoms with Gasteiger partial charge in [-0.3, -0.25) is 4.79 Å². The zero-order valence-corrected chi connectivity index (χ0v) is 9.02. The zero-order chi connectivity index (χ0) is 12.3. The predicted molar refractivity (Wildman–Crippen MR) is 59.9 cm³/mol. The number of hydrogen-bond acceptors (Lipinski definition) is 4. The van der Waals surface area contributed by atoms with E-state index in [1.165, 1.54) is 12.1 Å². The molecule has 0 amide bonds. The van der Waals surface area contributed by atoms with Crippen molar-refractivity contribution < 1.29 is 14.0 Å². The lowest BCUT2D eigenvalue weighted by Crippen LogP contribution is -2.26. The molecule has 2 rings (SSSR count). The first-order valence-corrected chi connectivity index (χ1v) is 5.10. The summed E-state index contributed by atoms with van der Waals surface area (Å²) < 4.78 is 14.8. The third-order valence-electron chi connectivity index (χ3n) is 2.46. The fourth-order valence-corrected chi connectivity index (χ4v) is 1.69. The SMILES string of the molecule is NNOC(=O)CCn1ccc2cc(F)ccc21. The lowest BCUT2D eigenvalue weighted by molar-refractivity contribution is -0.151. The monoisotopic (exact) mass is 237 g/mol. The van der Waals surface area contributed by atoms with Gasteiger partial charge in [0.05, 0.1) is 6.42 Å². The summed E-state index contributed by atoms with van der Waals surface area (Å²) in [5, 5.41) is 0.801. The molecular formula is C11H12FN3O2. The van der Waals surface area contributed by atoms with E-state index in [-0.39, 0.29) is 12.2 Å². The lowest BCUT2D eigenvalue weighted by atomic mass is 10.2. The van der Waals surface area contributed by atoms with Crippen LogP contribution >= 0.6 is 0 Å². The molecule has 0 saturated heterocycles. The Labute approximate surface area is 96.9 Å². The second-order valence-corrected chi connectivity index (χ2v) is 3.55. The number of carbonyl (C=O) groups is 1. The van der Waals surface area contributed by atoms with Gasteiger partial charge in [0.25, 0.3) is 0 Å². The second kappa shape index (κ2) is 4.94. The summed E-state index contributed by atoms with van der Waals surface area (Å²) in [6, 6.07) is 6.31. The van der Waals surface area contributed by atoms with Gasteiger partial charge in [-0.05, 0) is 24.3 Å². The van der Waals surface area contributed by atoms with Crippen LogP contribution in [0.5, 0.6) is 0 Å². The molecule has 0 unspecified atom stereocenters. The number of aromatic nitrogens is 1. The molecule has 5 nitrogen and oxygen atoms in total. The normalized spacial score (nSPS) is 10.7. The molecule has 0 aliphatic carbocycles. The van der Waals surface area contributed by atoms with Gasteiger partial charge in [-0.25, -0.2) is 10.2 Å². The molecule has 0 spiro atoms. The van der Waals surface area contributed by atoms with Gasteiger partial charge >= 0.3 is 5.97 Å². The summed E-state index contributed by atoms with van der Waals surface area (Å²) in [5.74, 6) is 4.12. The van der Waals surface area contributed by atoms with E-state index in [4.69, 9.17) is 5.84 Å². The Morgan fingerprint density at radius 1 is 1.47 bits per heavy atom. The fourth-order valence-electron chi connectivity index (χ4n) is 1.69. The summed E-state index contributed by atoms with van der Waals surface area (Å²) in [4.78, 5) is 15.5. The van der Waals surface area contributed by atoms with E-state index in [2.05, 4.69) is 4.84 Å². The number of carbonyl (C=O) groups excluding carboxylic acids is 1. The van der Waals surface area contributed by atoms with Crippen molar-refractivity contribution in [2.75, 3.05) is 0 Å². The highest BCUT2D eigenvalue weighted by Gasteiger charge is 2.06. The summed E-state index contributed by atoms with van der Waals surface area (Å²) >= 11 is 0. The molecule has 2 aromatic rings. The first-order valence-electron chi connectivity index (χ1n) is 5.10. The molecule has 0 saturated carbocycles. The van der Waals surface area contributed by atoms with Gasteiger partial charge in [0.1, 0.15) is 5.82 Å². The number of fused-ring (bicyclic) bond motifs is 1. The van der Waals surface area contributed by atoms with Crippen LogP contribution in [0.1, 0.15) is 6.42 Å². The average molecular weight is 237 g/mol. The van der Waals surface area contributed by atoms with Crippen LogP contribution in [0.4, 0.5) is 4.39 Å². The van der Waals surface area contributed by atoms with Crippen molar-refractivity contribution in [3.05, 3.63) is 36.3 Å². The van der Waals surface area contributed by atoms with E-state index >= 15 is 0 Å². The molecule has 90 valence electrons. The van der Waals surface area contributed by atoms with E-state index in [0.717, 1.165) is 10.9 Å². The largest absolute Gasteiger partial charge is 0.356 e. The Kier molecular flexibility index (Phi) is 3.36. The molecule has 0 fully saturated rings. The summed E-state index contributed by atoms with van der Waals surface area (Å²) in [5.41, 5.74) is 2.71. The number of nitrogens with one attached hydrogen (secondary N) is 1. The number of rotatable bonds is 4. The van der Waals surface area contributed by atoms with Crippen molar-refractivity contribution in [1.29, 1.82) is 0 Å². The van der Waals surface area contributed by atoms with Crippen molar-refractivity contribution in [3.63, 3.8) is 0 Å². The quantitative estimate of drug-likeness (QED) is 0.617. The van der Waals surface area contributed by atoms with Gasteiger partial charge < -0.3 is 9.40 Å². The molecule has 0 radical (unpaired) electrons. The molecule has 0 bridgehead atoms. The number of hydrazine groups is 1. The molecule has 0 aliphatic heterocycles. The molecule has 1 aromatic carbocycles. The molecular weight excluding hydrogens is 225 g/mol. The topological polar surface area (TPSA) is 69.3 Å². The minimum Gasteiger partial charge on any atom is -0.356 e. The molecule has 1 heterocycles. The number of nitrogens with two attached hydrogens (primary N) is 1. The molecule has 0 atom stereocenters. The number of benzene rings is 1. The van der Waals surface area contributed by atoms with Crippen LogP contribution < -0.4 is 11.4 Å². The Hall–Kier alpha value is -1.92. The zero-order valence-electron chi connectivity index (χ0n) is 9.02. The third-order valence-corrected chi connectivity index (χ3v) is 2.46. The Morgan fingerprint density at radius 3 is 3.06 bits per heavy atom. The molecule has 1 aromatic heterocycles. The van der Waals surface area contributed by atoms with E-state index < -0.39 is 5.97 Å². The highest BCUT2D eigenvalue weighted by Crippen LogP contribution is 2.17. The minimum absolute atomic E-state index is 0.186. The predicted octanol–water partition coefficient (Wildman–Crippen LogP) is 1.09. The summed E-state index contributed by atoms with van der Waals surface area (Å²) in [6.07, 6.45) is 1.98. The number of aryl methyl sites for hydroxylation is 1. The van der Waals surface area contributed by atoms with Crippen LogP contribution in [0.25, 0.3) is 10.9 Å². The molecule has 3 N–H and O–H groups in total. The van der Waals surface area contributed by atoms with Crippen molar-refractivity contribution in [2.24, 2.45) is 5.84 Å². The van der Waals surface area contributed by atoms with Gasteiger partial charge in [-0.2, -0.15) is 0 Å². The van der Waals surface area contributed by atoms with Crippen LogP contribution in [0, 0.1) is 5.82 Å². The van der Waals surface area contributed by atoms with E-state index in [1.807, 2.05) is 10.2 Å². The first-order chi connectivity index (χ1) is 8.20. The van der Waals surface area contributed by atoms with Crippen LogP contribution in [0.3, 0.4) is 0 Å². The standard InChI is InChI=1S/C11H12FN3O2/c12-9-1-2-10-8(7-9)3-5-15(10)6-4-11(16)17-14-13/h1-3,5,7,14H,4,6,13H2. The Balaban J connectivity index is 2.11. The van der Waals surface area contributed by atoms with Gasteiger partial charge in [0.15, 0.2) is 0 Å². The van der Waals surface area contributed by atoms with E-state index in [9.17, 15) is 9.18 Å². The third kappa shape index (κ3) is 2.61. The van der Waals surface area contributed by atoms with E-state index in [1.54, 1.807) is 18.3 Å². The van der Waals surface area contributed by atoms with Gasteiger partial charge in [-0.1, -0.05) is 5.59 Å². The van der Waals surface area contributed by atoms with Crippen molar-refractivity contribution in [3.8, 4) is 0 Å². The van der Waals surface area contributed by atoms with Gasteiger partial charge in [0, 0.05) is 23.6 Å². The molecule has 6 heteroatoms. The van der Waals surface area contributed by atoms with Crippen molar-refractivity contribution >= 4 is 16.9 Å². The average Bonchev–Trinajstić information content (AvgIpc) is 2.69. The van der Waals surface area contributed by atoms with Crippen LogP contribution in [-0.2, 0) is 16.2 Å². The maximum Gasteiger partial charge on any atom is 0.328 e. The van der Waals surface area contributed by atoms with Crippen molar-refractivity contribution in [2.45, 2.75) is 13.0 Å². The highest BCUT2D eigenvalue weighted by atomic mass is 19.1. The number of hydrogen-bond donors (Lipinski definition) is 2. The molecule has 17 heavy (non-hydrogen) atoms. The summed E-state index contributed by atoms with van der Waals surface area (Å²) in [7, 11) is 0. The minimum atomic E-state index is -0.448. The van der Waals surface area contributed by atoms with E-state index in [0.29, 0.717) is 6.54 Å². The maximum atomic E-state index is 13.0. The lowest BCUT2D eigenvalue weighted by Gasteiger charge is -2.04. The molecule has 0 aliphatic rings. The summed E-state index contributed by atoms with van der Waals surface area (Å²) in [6.45, 7) is 0.454. The van der Waals surface area contributed by atoms with Gasteiger partial charge in [0.2, 0.25) is 0 Å². The van der Waals surface area contributed by atoms with Crippen LogP contribution in [-0.4, -0.2) is 10.5 Å².